The van der Waals surface area contributed by atoms with E-state index in [0.29, 0.717) is 0 Å². The van der Waals surface area contributed by atoms with Crippen molar-refractivity contribution in [2.45, 2.75) is 12.1 Å². The first-order valence-electron chi connectivity index (χ1n) is 6.48. The van der Waals surface area contributed by atoms with E-state index in [1.807, 2.05) is 36.4 Å². The van der Waals surface area contributed by atoms with Crippen LogP contribution in [0.15, 0.2) is 53.6 Å². The fourth-order valence-corrected chi connectivity index (χ4v) is 3.23. The van der Waals surface area contributed by atoms with Crippen LogP contribution in [0.5, 0.6) is 0 Å². The van der Waals surface area contributed by atoms with Crippen LogP contribution in [0, 0.1) is 0 Å². The highest BCUT2D eigenvalue weighted by molar-refractivity contribution is 6.12. The molecule has 0 heterocycles. The molecule has 0 fully saturated rings. The molecule has 1 aliphatic rings. The summed E-state index contributed by atoms with van der Waals surface area (Å²) < 4.78 is 0. The molecule has 0 aromatic heterocycles. The Balaban J connectivity index is 2.28. The van der Waals surface area contributed by atoms with Crippen molar-refractivity contribution in [2.75, 3.05) is 0 Å². The van der Waals surface area contributed by atoms with Crippen molar-refractivity contribution < 1.29 is 5.11 Å². The molecule has 4 nitrogen and oxygen atoms in total. The molecule has 0 spiro atoms. The second kappa shape index (κ2) is 3.97. The first-order chi connectivity index (χ1) is 9.81. The molecular formula is C16H11N3O. The van der Waals surface area contributed by atoms with Crippen LogP contribution >= 0.6 is 0 Å². The maximum Gasteiger partial charge on any atom is 0.0933 e. The zero-order valence-corrected chi connectivity index (χ0v) is 10.6. The topological polar surface area (TPSA) is 69.0 Å². The van der Waals surface area contributed by atoms with Gasteiger partial charge in [-0.05, 0) is 38.2 Å². The van der Waals surface area contributed by atoms with Gasteiger partial charge in [-0.25, -0.2) is 0 Å². The van der Waals surface area contributed by atoms with Gasteiger partial charge in [0.25, 0.3) is 0 Å². The molecule has 1 N–H and O–H groups in total. The number of azide groups is 1. The van der Waals surface area contributed by atoms with Gasteiger partial charge >= 0.3 is 0 Å². The molecule has 96 valence electrons. The summed E-state index contributed by atoms with van der Waals surface area (Å²) >= 11 is 0. The summed E-state index contributed by atoms with van der Waals surface area (Å²) in [4.78, 5) is 2.90. The molecule has 1 aliphatic carbocycles. The van der Waals surface area contributed by atoms with Crippen LogP contribution in [0.25, 0.3) is 32.0 Å². The second-order valence-corrected chi connectivity index (χ2v) is 5.05. The molecule has 20 heavy (non-hydrogen) atoms. The van der Waals surface area contributed by atoms with Crippen LogP contribution < -0.4 is 0 Å². The summed E-state index contributed by atoms with van der Waals surface area (Å²) in [6.07, 6.45) is -0.796. The van der Waals surface area contributed by atoms with Crippen LogP contribution in [0.1, 0.15) is 23.3 Å². The smallest absolute Gasteiger partial charge is 0.0933 e. The molecule has 3 aromatic rings. The second-order valence-electron chi connectivity index (χ2n) is 5.05. The van der Waals surface area contributed by atoms with Gasteiger partial charge in [0.05, 0.1) is 12.1 Å². The molecular weight excluding hydrogens is 250 g/mol. The van der Waals surface area contributed by atoms with Crippen molar-refractivity contribution in [2.24, 2.45) is 5.11 Å². The Morgan fingerprint density at radius 3 is 2.15 bits per heavy atom. The zero-order chi connectivity index (χ0) is 13.7. The summed E-state index contributed by atoms with van der Waals surface area (Å²) in [5.41, 5.74) is 10.5. The number of hydrogen-bond donors (Lipinski definition) is 1. The average Bonchev–Trinajstić information content (AvgIpc) is 2.50. The van der Waals surface area contributed by atoms with Gasteiger partial charge in [-0.15, -0.1) is 0 Å². The molecule has 0 radical (unpaired) electrons. The lowest BCUT2D eigenvalue weighted by atomic mass is 9.82. The SMILES string of the molecule is [N-]=[N+]=NC1c2cccc3ccc4cccc(c4c23)C1O. The van der Waals surface area contributed by atoms with Gasteiger partial charge in [0.2, 0.25) is 0 Å². The Hall–Kier alpha value is -2.55. The van der Waals surface area contributed by atoms with E-state index >= 15 is 0 Å². The normalized spacial score (nSPS) is 20.2. The maximum atomic E-state index is 10.5. The third-order valence-corrected chi connectivity index (χ3v) is 4.06. The molecule has 3 aromatic carbocycles. The number of aliphatic hydroxyl groups is 1. The molecule has 0 saturated carbocycles. The zero-order valence-electron chi connectivity index (χ0n) is 10.6. The third kappa shape index (κ3) is 1.32. The Kier molecular flexibility index (Phi) is 2.24. The molecule has 0 amide bonds. The first-order valence-corrected chi connectivity index (χ1v) is 6.48. The van der Waals surface area contributed by atoms with E-state index in [2.05, 4.69) is 22.2 Å². The molecule has 2 atom stereocenters. The van der Waals surface area contributed by atoms with Gasteiger partial charge in [0, 0.05) is 4.91 Å². The lowest BCUT2D eigenvalue weighted by Gasteiger charge is -2.28. The maximum absolute atomic E-state index is 10.5. The molecule has 0 saturated heterocycles. The molecule has 0 aliphatic heterocycles. The molecule has 4 heteroatoms. The van der Waals surface area contributed by atoms with Crippen molar-refractivity contribution in [3.8, 4) is 0 Å². The summed E-state index contributed by atoms with van der Waals surface area (Å²) in [6.45, 7) is 0. The predicted molar refractivity (Wildman–Crippen MR) is 78.3 cm³/mol. The predicted octanol–water partition coefficient (Wildman–Crippen LogP) is 4.39. The minimum atomic E-state index is -0.796. The van der Waals surface area contributed by atoms with Crippen molar-refractivity contribution in [1.82, 2.24) is 0 Å². The van der Waals surface area contributed by atoms with E-state index in [1.54, 1.807) is 0 Å². The highest BCUT2D eigenvalue weighted by atomic mass is 16.3. The highest BCUT2D eigenvalue weighted by Crippen LogP contribution is 2.46. The van der Waals surface area contributed by atoms with Crippen molar-refractivity contribution in [1.29, 1.82) is 0 Å². The summed E-state index contributed by atoms with van der Waals surface area (Å²) in [5, 5.41) is 18.7. The van der Waals surface area contributed by atoms with Crippen LogP contribution in [0.3, 0.4) is 0 Å². The van der Waals surface area contributed by atoms with Crippen molar-refractivity contribution in [3.63, 3.8) is 0 Å². The summed E-state index contributed by atoms with van der Waals surface area (Å²) in [7, 11) is 0. The van der Waals surface area contributed by atoms with Gasteiger partial charge in [-0.1, -0.05) is 53.6 Å². The number of nitrogens with zero attached hydrogens (tertiary/aromatic N) is 3. The summed E-state index contributed by atoms with van der Waals surface area (Å²) in [5.74, 6) is 0. The van der Waals surface area contributed by atoms with Crippen LogP contribution in [0.4, 0.5) is 0 Å². The minimum Gasteiger partial charge on any atom is -0.388 e. The fraction of sp³-hybridized carbons (Fsp3) is 0.125. The third-order valence-electron chi connectivity index (χ3n) is 4.06. The van der Waals surface area contributed by atoms with E-state index in [4.69, 9.17) is 5.53 Å². The Labute approximate surface area is 114 Å². The molecule has 4 rings (SSSR count). The Bertz CT molecular complexity index is 897. The van der Waals surface area contributed by atoms with E-state index in [9.17, 15) is 5.11 Å². The van der Waals surface area contributed by atoms with E-state index in [1.165, 1.54) is 0 Å². The highest BCUT2D eigenvalue weighted by Gasteiger charge is 2.30. The number of aliphatic hydroxyl groups excluding tert-OH is 1. The van der Waals surface area contributed by atoms with Gasteiger partial charge in [-0.2, -0.15) is 0 Å². The first kappa shape index (κ1) is 11.3. The van der Waals surface area contributed by atoms with Gasteiger partial charge in [0.15, 0.2) is 0 Å². The average molecular weight is 261 g/mol. The Morgan fingerprint density at radius 1 is 0.900 bits per heavy atom. The van der Waals surface area contributed by atoms with E-state index in [0.717, 1.165) is 32.7 Å². The van der Waals surface area contributed by atoms with Crippen molar-refractivity contribution in [3.05, 3.63) is 70.1 Å². The number of hydrogen-bond acceptors (Lipinski definition) is 2. The number of benzene rings is 3. The molecule has 0 bridgehead atoms. The van der Waals surface area contributed by atoms with Crippen molar-refractivity contribution >= 4 is 21.5 Å². The lowest BCUT2D eigenvalue weighted by Crippen LogP contribution is -2.13. The lowest BCUT2D eigenvalue weighted by molar-refractivity contribution is 0.148. The fourth-order valence-electron chi connectivity index (χ4n) is 3.23. The van der Waals surface area contributed by atoms with Crippen LogP contribution in [0.2, 0.25) is 0 Å². The van der Waals surface area contributed by atoms with Gasteiger partial charge < -0.3 is 5.11 Å². The number of rotatable bonds is 1. The standard InChI is InChI=1S/C16H11N3O/c17-19-18-15-11-5-1-3-9-7-8-10-4-2-6-12(16(15)20)14(10)13(9)11/h1-8,15-16,20H. The van der Waals surface area contributed by atoms with E-state index < -0.39 is 12.1 Å². The van der Waals surface area contributed by atoms with Gasteiger partial charge in [-0.3, -0.25) is 0 Å². The van der Waals surface area contributed by atoms with Crippen LogP contribution in [-0.4, -0.2) is 5.11 Å². The van der Waals surface area contributed by atoms with E-state index in [-0.39, 0.29) is 0 Å². The summed E-state index contributed by atoms with van der Waals surface area (Å²) in [6, 6.07) is 15.3. The van der Waals surface area contributed by atoms with Crippen LogP contribution in [-0.2, 0) is 0 Å². The quantitative estimate of drug-likeness (QED) is 0.300. The largest absolute Gasteiger partial charge is 0.388 e. The molecule has 2 unspecified atom stereocenters. The minimum absolute atomic E-state index is 0.566. The Morgan fingerprint density at radius 2 is 1.50 bits per heavy atom. The monoisotopic (exact) mass is 261 g/mol. The van der Waals surface area contributed by atoms with Gasteiger partial charge in [0.1, 0.15) is 0 Å².